The van der Waals surface area contributed by atoms with E-state index in [0.29, 0.717) is 18.8 Å². The van der Waals surface area contributed by atoms with Crippen molar-refractivity contribution in [2.45, 2.75) is 19.3 Å². The molecule has 27 heavy (non-hydrogen) atoms. The van der Waals surface area contributed by atoms with Gasteiger partial charge in [-0.2, -0.15) is 0 Å². The molecule has 0 saturated heterocycles. The summed E-state index contributed by atoms with van der Waals surface area (Å²) in [5, 5.41) is 4.68. The van der Waals surface area contributed by atoms with E-state index < -0.39 is 11.5 Å². The van der Waals surface area contributed by atoms with Crippen LogP contribution in [0.1, 0.15) is 27.9 Å². The molecule has 2 N–H and O–H groups in total. The molecule has 0 unspecified atom stereocenters. The Morgan fingerprint density at radius 3 is 2.85 bits per heavy atom. The molecule has 0 saturated carbocycles. The highest BCUT2D eigenvalue weighted by molar-refractivity contribution is 7.13. The van der Waals surface area contributed by atoms with Crippen LogP contribution in [0, 0.1) is 0 Å². The average molecular weight is 380 g/mol. The quantitative estimate of drug-likeness (QED) is 0.644. The lowest BCUT2D eigenvalue weighted by atomic mass is 10.1. The minimum atomic E-state index is -0.397. The van der Waals surface area contributed by atoms with Gasteiger partial charge in [0.1, 0.15) is 17.9 Å². The third-order valence-electron chi connectivity index (χ3n) is 4.67. The van der Waals surface area contributed by atoms with Gasteiger partial charge in [0.05, 0.1) is 17.1 Å². The molecule has 2 heterocycles. The molecule has 0 spiro atoms. The van der Waals surface area contributed by atoms with E-state index in [1.165, 1.54) is 28.9 Å². The largest absolute Gasteiger partial charge is 0.492 e. The number of thiophene rings is 1. The second-order valence-corrected chi connectivity index (χ2v) is 7.43. The summed E-state index contributed by atoms with van der Waals surface area (Å²) in [5.74, 6) is 0.426. The van der Waals surface area contributed by atoms with E-state index in [-0.39, 0.29) is 5.56 Å². The lowest BCUT2D eigenvalue weighted by molar-refractivity contribution is 0.0945. The van der Waals surface area contributed by atoms with Crippen molar-refractivity contribution >= 4 is 17.2 Å². The fourth-order valence-electron chi connectivity index (χ4n) is 3.29. The van der Waals surface area contributed by atoms with Gasteiger partial charge in [-0.15, -0.1) is 11.3 Å². The van der Waals surface area contributed by atoms with Crippen molar-refractivity contribution in [2.24, 2.45) is 0 Å². The Hall–Kier alpha value is -2.86. The van der Waals surface area contributed by atoms with E-state index in [0.717, 1.165) is 23.5 Å². The topological polar surface area (TPSA) is 71.2 Å². The first-order valence-electron chi connectivity index (χ1n) is 9.01. The SMILES string of the molecule is O=C(NCCOc1ccc2c(c1)CCC2)c1ccc(-c2cccs2)[nH]c1=O. The number of aromatic nitrogens is 1. The first-order valence-corrected chi connectivity index (χ1v) is 9.89. The molecule has 0 bridgehead atoms. The molecular weight excluding hydrogens is 360 g/mol. The Labute approximate surface area is 161 Å². The van der Waals surface area contributed by atoms with E-state index >= 15 is 0 Å². The molecule has 1 aliphatic carbocycles. The zero-order valence-electron chi connectivity index (χ0n) is 14.8. The second kappa shape index (κ2) is 7.80. The maximum atomic E-state index is 12.2. The molecule has 1 amide bonds. The van der Waals surface area contributed by atoms with Crippen molar-refractivity contribution in [3.05, 3.63) is 74.9 Å². The summed E-state index contributed by atoms with van der Waals surface area (Å²) < 4.78 is 5.72. The smallest absolute Gasteiger partial charge is 0.261 e. The Morgan fingerprint density at radius 2 is 2.04 bits per heavy atom. The van der Waals surface area contributed by atoms with Crippen LogP contribution in [0.15, 0.2) is 52.6 Å². The summed E-state index contributed by atoms with van der Waals surface area (Å²) in [6.07, 6.45) is 3.45. The van der Waals surface area contributed by atoms with E-state index in [9.17, 15) is 9.59 Å². The number of benzene rings is 1. The van der Waals surface area contributed by atoms with Crippen LogP contribution in [-0.4, -0.2) is 24.0 Å². The van der Waals surface area contributed by atoms with Gasteiger partial charge in [-0.3, -0.25) is 9.59 Å². The van der Waals surface area contributed by atoms with Crippen LogP contribution in [0.3, 0.4) is 0 Å². The minimum Gasteiger partial charge on any atom is -0.492 e. The molecule has 4 rings (SSSR count). The number of ether oxygens (including phenoxy) is 1. The summed E-state index contributed by atoms with van der Waals surface area (Å²) >= 11 is 1.53. The van der Waals surface area contributed by atoms with Crippen molar-refractivity contribution in [1.29, 1.82) is 0 Å². The third-order valence-corrected chi connectivity index (χ3v) is 5.57. The van der Waals surface area contributed by atoms with Crippen molar-refractivity contribution in [1.82, 2.24) is 10.3 Å². The number of hydrogen-bond acceptors (Lipinski definition) is 4. The van der Waals surface area contributed by atoms with E-state index in [4.69, 9.17) is 4.74 Å². The number of nitrogens with one attached hydrogen (secondary N) is 2. The predicted molar refractivity (Wildman–Crippen MR) is 107 cm³/mol. The molecule has 0 fully saturated rings. The van der Waals surface area contributed by atoms with Gasteiger partial charge < -0.3 is 15.0 Å². The molecular formula is C21H20N2O3S. The minimum absolute atomic E-state index is 0.104. The third kappa shape index (κ3) is 3.95. The summed E-state index contributed by atoms with van der Waals surface area (Å²) in [6.45, 7) is 0.692. The van der Waals surface area contributed by atoms with Gasteiger partial charge in [0, 0.05) is 0 Å². The normalized spacial score (nSPS) is 12.6. The summed E-state index contributed by atoms with van der Waals surface area (Å²) in [4.78, 5) is 28.2. The number of pyridine rings is 1. The number of aryl methyl sites for hydroxylation is 2. The zero-order valence-corrected chi connectivity index (χ0v) is 15.6. The van der Waals surface area contributed by atoms with Gasteiger partial charge in [-0.25, -0.2) is 0 Å². The second-order valence-electron chi connectivity index (χ2n) is 6.48. The van der Waals surface area contributed by atoms with Crippen molar-refractivity contribution < 1.29 is 9.53 Å². The van der Waals surface area contributed by atoms with Crippen LogP contribution in [0.25, 0.3) is 10.6 Å². The van der Waals surface area contributed by atoms with Crippen LogP contribution in [0.5, 0.6) is 5.75 Å². The lowest BCUT2D eigenvalue weighted by Gasteiger charge is -2.09. The van der Waals surface area contributed by atoms with Gasteiger partial charge in [-0.1, -0.05) is 12.1 Å². The highest BCUT2D eigenvalue weighted by Crippen LogP contribution is 2.26. The van der Waals surface area contributed by atoms with Gasteiger partial charge in [-0.05, 0) is 66.1 Å². The maximum absolute atomic E-state index is 12.2. The molecule has 138 valence electrons. The number of rotatable bonds is 6. The number of carbonyl (C=O) groups is 1. The predicted octanol–water partition coefficient (Wildman–Crippen LogP) is 3.40. The Kier molecular flexibility index (Phi) is 5.07. The summed E-state index contributed by atoms with van der Waals surface area (Å²) in [7, 11) is 0. The lowest BCUT2D eigenvalue weighted by Crippen LogP contribution is -2.32. The van der Waals surface area contributed by atoms with Crippen LogP contribution >= 0.6 is 11.3 Å². The van der Waals surface area contributed by atoms with Gasteiger partial charge in [0.2, 0.25) is 0 Å². The number of aromatic amines is 1. The van der Waals surface area contributed by atoms with E-state index in [2.05, 4.69) is 22.4 Å². The molecule has 3 aromatic rings. The molecule has 2 aromatic heterocycles. The summed E-state index contributed by atoms with van der Waals surface area (Å²) in [6, 6.07) is 13.3. The fourth-order valence-corrected chi connectivity index (χ4v) is 4.00. The standard InChI is InChI=1S/C21H20N2O3S/c24-20(17-8-9-18(23-21(17)25)19-5-2-12-27-19)22-10-11-26-16-7-6-14-3-1-4-15(14)13-16/h2,5-9,12-13H,1,3-4,10-11H2,(H,22,24)(H,23,25). The Morgan fingerprint density at radius 1 is 1.15 bits per heavy atom. The summed E-state index contributed by atoms with van der Waals surface area (Å²) in [5.41, 5.74) is 3.19. The fraction of sp³-hybridized carbons (Fsp3) is 0.238. The molecule has 0 atom stereocenters. The molecule has 0 radical (unpaired) electrons. The monoisotopic (exact) mass is 380 g/mol. The van der Waals surface area contributed by atoms with Gasteiger partial charge in [0.15, 0.2) is 0 Å². The molecule has 1 aliphatic rings. The average Bonchev–Trinajstić information content (AvgIpc) is 3.36. The Balaban J connectivity index is 1.31. The van der Waals surface area contributed by atoms with E-state index in [1.807, 2.05) is 23.6 Å². The van der Waals surface area contributed by atoms with Crippen molar-refractivity contribution in [3.63, 3.8) is 0 Å². The van der Waals surface area contributed by atoms with E-state index in [1.54, 1.807) is 12.1 Å². The van der Waals surface area contributed by atoms with Crippen molar-refractivity contribution in [2.75, 3.05) is 13.2 Å². The van der Waals surface area contributed by atoms with Gasteiger partial charge >= 0.3 is 0 Å². The highest BCUT2D eigenvalue weighted by atomic mass is 32.1. The van der Waals surface area contributed by atoms with Crippen LogP contribution in [0.4, 0.5) is 0 Å². The van der Waals surface area contributed by atoms with Crippen LogP contribution in [-0.2, 0) is 12.8 Å². The molecule has 6 heteroatoms. The number of hydrogen-bond donors (Lipinski definition) is 2. The van der Waals surface area contributed by atoms with Crippen molar-refractivity contribution in [3.8, 4) is 16.3 Å². The van der Waals surface area contributed by atoms with Gasteiger partial charge in [0.25, 0.3) is 11.5 Å². The molecule has 1 aromatic carbocycles. The first kappa shape index (κ1) is 17.5. The first-order chi connectivity index (χ1) is 13.2. The number of fused-ring (bicyclic) bond motifs is 1. The highest BCUT2D eigenvalue weighted by Gasteiger charge is 2.13. The number of amides is 1. The van der Waals surface area contributed by atoms with Crippen LogP contribution < -0.4 is 15.6 Å². The molecule has 0 aliphatic heterocycles. The number of H-pyrrole nitrogens is 1. The maximum Gasteiger partial charge on any atom is 0.261 e. The van der Waals surface area contributed by atoms with Crippen LogP contribution in [0.2, 0.25) is 0 Å². The number of carbonyl (C=O) groups excluding carboxylic acids is 1. The zero-order chi connectivity index (χ0) is 18.6. The molecule has 5 nitrogen and oxygen atoms in total. The Bertz CT molecular complexity index is 1010.